The van der Waals surface area contributed by atoms with Gasteiger partial charge in [-0.15, -0.1) is 11.3 Å². The minimum absolute atomic E-state index is 0.00852. The number of likely N-dealkylation sites (tertiary alicyclic amines) is 2. The molecule has 3 saturated heterocycles. The molecule has 1 saturated carbocycles. The molecule has 4 aromatic carbocycles. The Balaban J connectivity index is 0.548. The predicted octanol–water partition coefficient (Wildman–Crippen LogP) is 7.38. The second-order valence-electron chi connectivity index (χ2n) is 25.2. The highest BCUT2D eigenvalue weighted by Gasteiger charge is 2.46. The average Bonchev–Trinajstić information content (AvgIpc) is 1.66. The summed E-state index contributed by atoms with van der Waals surface area (Å²) in [5.41, 5.74) is 10.6. The summed E-state index contributed by atoms with van der Waals surface area (Å²) in [6.45, 7) is 15.9. The predicted molar refractivity (Wildman–Crippen MR) is 350 cm³/mol. The van der Waals surface area contributed by atoms with Crippen molar-refractivity contribution in [1.82, 2.24) is 50.1 Å². The number of benzene rings is 4. The Morgan fingerprint density at radius 3 is 2.32 bits per heavy atom. The summed E-state index contributed by atoms with van der Waals surface area (Å²) < 4.78 is 31.5. The number of β-amino-alcohol motifs (C(OH)–C–C–N with tert-alkyl or cyclic N) is 1. The molecule has 4 fully saturated rings. The fourth-order valence-electron chi connectivity index (χ4n) is 13.2. The lowest BCUT2D eigenvalue weighted by Crippen LogP contribution is -2.55. The number of thiazole rings is 1. The number of rotatable bonds is 20. The van der Waals surface area contributed by atoms with Gasteiger partial charge in [0.05, 0.1) is 73.1 Å². The minimum Gasteiger partial charge on any atom is -0.492 e. The Hall–Kier alpha value is -7.67. The van der Waals surface area contributed by atoms with Crippen molar-refractivity contribution < 1.29 is 48.0 Å². The molecular weight excluding hydrogens is 1190 g/mol. The van der Waals surface area contributed by atoms with Gasteiger partial charge in [0.2, 0.25) is 23.7 Å². The fourth-order valence-corrected chi connectivity index (χ4v) is 14.0. The first kappa shape index (κ1) is 64.4. The Kier molecular flexibility index (Phi) is 21.3. The van der Waals surface area contributed by atoms with Crippen molar-refractivity contribution in [3.63, 3.8) is 0 Å². The molecule has 4 N–H and O–H groups in total. The maximum absolute atomic E-state index is 14.4. The molecule has 0 radical (unpaired) electrons. The average molecular weight is 1270 g/mol. The molecule has 0 spiro atoms. The Labute approximate surface area is 542 Å². The number of piperazine rings is 1. The van der Waals surface area contributed by atoms with Crippen molar-refractivity contribution in [3.05, 3.63) is 148 Å². The van der Waals surface area contributed by atoms with Crippen LogP contribution in [0.1, 0.15) is 84.3 Å². The Morgan fingerprint density at radius 1 is 0.783 bits per heavy atom. The number of carbonyl (C=O) groups excluding carboxylic acids is 4. The van der Waals surface area contributed by atoms with Crippen LogP contribution in [0, 0.1) is 12.8 Å². The van der Waals surface area contributed by atoms with Gasteiger partial charge in [0.15, 0.2) is 0 Å². The third-order valence-electron chi connectivity index (χ3n) is 18.3. The standard InChI is InChI=1S/C70H85N11O10S/c1-46(2)65(81-40-52-10-4-5-12-59(52)68(81)85)69(86)80-41-56(82)38-61(80)67(84)72-39-51-14-13-50(66-47(3)73-45-92-66)35-63(51)90-32-27-77-21-18-57(19-22-77)91-58-36-55(37-58)74-64(83)42-79-25-23-78(24-26-79)28-31-89-62-16-15-54-34-53(62)44-88-30-7-6-29-87-43-48-9-8-11-49(33-48)60-17-20-71-70(75-54)76-60/h4-17,20,33-35,45-46,55-58,61,65,82H,18-19,21-32,36-44H2,1-3H3,(H,72,84)(H,74,83)(H,71,75,76)/b7-6+/t55?,56-,58?,61+,65+/m1/s1. The van der Waals surface area contributed by atoms with E-state index in [0.717, 1.165) is 133 Å². The summed E-state index contributed by atoms with van der Waals surface area (Å²) in [5.74, 6) is 0.835. The number of nitrogens with one attached hydrogen (secondary N) is 3. The highest BCUT2D eigenvalue weighted by Crippen LogP contribution is 2.35. The molecule has 4 amide bonds. The van der Waals surface area contributed by atoms with E-state index < -0.39 is 18.2 Å². The number of aryl methyl sites for hydroxylation is 1. The van der Waals surface area contributed by atoms with E-state index in [4.69, 9.17) is 28.7 Å². The van der Waals surface area contributed by atoms with Gasteiger partial charge in [-0.2, -0.15) is 0 Å². The van der Waals surface area contributed by atoms with E-state index in [1.165, 1.54) is 4.90 Å². The quantitative estimate of drug-likeness (QED) is 0.0547. The molecule has 486 valence electrons. The maximum atomic E-state index is 14.4. The molecule has 92 heavy (non-hydrogen) atoms. The molecule has 5 aliphatic heterocycles. The summed E-state index contributed by atoms with van der Waals surface area (Å²) in [5, 5.41) is 20.6. The largest absolute Gasteiger partial charge is 0.492 e. The smallest absolute Gasteiger partial charge is 0.255 e. The molecule has 7 heterocycles. The van der Waals surface area contributed by atoms with Crippen LogP contribution in [0.5, 0.6) is 11.5 Å². The first-order chi connectivity index (χ1) is 44.8. The lowest BCUT2D eigenvalue weighted by molar-refractivity contribution is -0.143. The normalized spacial score (nSPS) is 21.6. The third-order valence-corrected chi connectivity index (χ3v) is 19.3. The summed E-state index contributed by atoms with van der Waals surface area (Å²) in [4.78, 5) is 80.1. The number of piperidine rings is 1. The van der Waals surface area contributed by atoms with E-state index in [1.54, 1.807) is 28.5 Å². The summed E-state index contributed by atoms with van der Waals surface area (Å²) in [6, 6.07) is 27.9. The number of hydrogen-bond acceptors (Lipinski definition) is 18. The molecule has 6 aromatic rings. The summed E-state index contributed by atoms with van der Waals surface area (Å²) in [6.07, 6.45) is 8.71. The number of fused-ring (bicyclic) bond motifs is 8. The Bertz CT molecular complexity index is 3560. The van der Waals surface area contributed by atoms with Crippen LogP contribution in [-0.2, 0) is 54.9 Å². The molecule has 12 rings (SSSR count). The fraction of sp³-hybridized carbons (Fsp3) is 0.471. The molecule has 3 atom stereocenters. The van der Waals surface area contributed by atoms with Gasteiger partial charge in [0.1, 0.15) is 36.8 Å². The molecule has 21 nitrogen and oxygen atoms in total. The van der Waals surface area contributed by atoms with Crippen LogP contribution >= 0.6 is 11.3 Å². The lowest BCUT2D eigenvalue weighted by Gasteiger charge is -2.40. The molecular formula is C70H85N11O10S. The molecule has 6 bridgehead atoms. The van der Waals surface area contributed by atoms with Crippen molar-refractivity contribution in [2.24, 2.45) is 5.92 Å². The molecule has 22 heteroatoms. The molecule has 6 aliphatic rings. The molecule has 2 aromatic heterocycles. The number of hydrogen-bond donors (Lipinski definition) is 4. The van der Waals surface area contributed by atoms with Crippen LogP contribution in [-0.4, -0.2) is 196 Å². The number of nitrogens with zero attached hydrogens (tertiary/aromatic N) is 8. The molecule has 1 aliphatic carbocycles. The van der Waals surface area contributed by atoms with Gasteiger partial charge in [-0.05, 0) is 97.7 Å². The van der Waals surface area contributed by atoms with Crippen LogP contribution in [0.15, 0.2) is 115 Å². The second kappa shape index (κ2) is 30.4. The highest BCUT2D eigenvalue weighted by atomic mass is 32.1. The number of anilines is 2. The number of aromatic nitrogens is 3. The minimum atomic E-state index is -0.901. The van der Waals surface area contributed by atoms with E-state index in [0.29, 0.717) is 76.5 Å². The maximum Gasteiger partial charge on any atom is 0.255 e. The van der Waals surface area contributed by atoms with Gasteiger partial charge in [-0.25, -0.2) is 15.0 Å². The van der Waals surface area contributed by atoms with E-state index in [9.17, 15) is 24.3 Å². The number of amides is 4. The van der Waals surface area contributed by atoms with Crippen LogP contribution in [0.2, 0.25) is 0 Å². The van der Waals surface area contributed by atoms with Crippen molar-refractivity contribution in [1.29, 1.82) is 0 Å². The summed E-state index contributed by atoms with van der Waals surface area (Å²) in [7, 11) is 0. The number of aliphatic hydroxyl groups is 1. The third kappa shape index (κ3) is 16.2. The van der Waals surface area contributed by atoms with E-state index in [2.05, 4.69) is 46.7 Å². The van der Waals surface area contributed by atoms with E-state index in [1.807, 2.05) is 117 Å². The van der Waals surface area contributed by atoms with Crippen molar-refractivity contribution in [3.8, 4) is 33.2 Å². The van der Waals surface area contributed by atoms with Gasteiger partial charge in [0.25, 0.3) is 5.91 Å². The zero-order valence-electron chi connectivity index (χ0n) is 52.9. The van der Waals surface area contributed by atoms with Crippen LogP contribution in [0.3, 0.4) is 0 Å². The van der Waals surface area contributed by atoms with Gasteiger partial charge in [0, 0.05) is 119 Å². The monoisotopic (exact) mass is 1270 g/mol. The number of ether oxygens (including phenoxy) is 5. The van der Waals surface area contributed by atoms with Crippen molar-refractivity contribution in [2.75, 3.05) is 97.2 Å². The highest BCUT2D eigenvalue weighted by molar-refractivity contribution is 7.13. The van der Waals surface area contributed by atoms with Crippen LogP contribution in [0.4, 0.5) is 11.6 Å². The number of carbonyl (C=O) groups is 4. The number of aliphatic hydroxyl groups excluding tert-OH is 1. The molecule has 0 unspecified atom stereocenters. The first-order valence-electron chi connectivity index (χ1n) is 32.5. The van der Waals surface area contributed by atoms with Crippen LogP contribution < -0.4 is 25.4 Å². The Morgan fingerprint density at radius 2 is 1.54 bits per heavy atom. The van der Waals surface area contributed by atoms with E-state index in [-0.39, 0.29) is 67.3 Å². The topological polar surface area (TPSA) is 226 Å². The van der Waals surface area contributed by atoms with E-state index >= 15 is 0 Å². The zero-order valence-corrected chi connectivity index (χ0v) is 53.7. The van der Waals surface area contributed by atoms with Crippen molar-refractivity contribution in [2.45, 2.75) is 116 Å². The second-order valence-corrected chi connectivity index (χ2v) is 26.1. The van der Waals surface area contributed by atoms with Gasteiger partial charge < -0.3 is 54.5 Å². The van der Waals surface area contributed by atoms with Crippen LogP contribution in [0.25, 0.3) is 21.7 Å². The van der Waals surface area contributed by atoms with Crippen molar-refractivity contribution >= 4 is 46.6 Å². The van der Waals surface area contributed by atoms with Gasteiger partial charge in [-0.3, -0.25) is 33.9 Å². The zero-order chi connectivity index (χ0) is 63.5. The SMILES string of the molecule is Cc1ncsc1-c1ccc(CNC(=O)[C@@H]2C[C@@H](O)CN2C(=O)[C@H](C(C)C)N2Cc3ccccc3C2=O)c(OCCN2CCC(OC3CC(NC(=O)CN4CCN(CCOc5ccc6cc5COC/C=C/COCc5cccc(c5)-c5ccnc(n5)N6)CC4)C3)CC2)c1. The first-order valence-corrected chi connectivity index (χ1v) is 33.4. The van der Waals surface area contributed by atoms with Gasteiger partial charge >= 0.3 is 0 Å². The van der Waals surface area contributed by atoms with Gasteiger partial charge in [-0.1, -0.05) is 74.5 Å². The lowest BCUT2D eigenvalue weighted by atomic mass is 9.88. The summed E-state index contributed by atoms with van der Waals surface area (Å²) >= 11 is 1.56.